The van der Waals surface area contributed by atoms with E-state index in [1.165, 1.54) is 12.3 Å². The molecule has 0 aliphatic heterocycles. The minimum absolute atomic E-state index is 0.111. The summed E-state index contributed by atoms with van der Waals surface area (Å²) in [4.78, 5) is 3.95. The maximum absolute atomic E-state index is 8.84. The Morgan fingerprint density at radius 1 is 1.11 bits per heavy atom. The number of pyridine rings is 1. The lowest BCUT2D eigenvalue weighted by atomic mass is 10.3. The first-order valence-electron chi connectivity index (χ1n) is 4.80. The van der Waals surface area contributed by atoms with Crippen LogP contribution < -0.4 is 4.74 Å². The molecular formula is C12H5Cl3N2O. The van der Waals surface area contributed by atoms with Gasteiger partial charge >= 0.3 is 0 Å². The van der Waals surface area contributed by atoms with Gasteiger partial charge in [-0.15, -0.1) is 0 Å². The maximum Gasteiger partial charge on any atom is 0.239 e. The van der Waals surface area contributed by atoms with Gasteiger partial charge in [-0.05, 0) is 18.2 Å². The van der Waals surface area contributed by atoms with Gasteiger partial charge in [-0.25, -0.2) is 4.98 Å². The van der Waals surface area contributed by atoms with Crippen LogP contribution in [0, 0.1) is 11.3 Å². The van der Waals surface area contributed by atoms with E-state index in [1.54, 1.807) is 18.2 Å². The molecule has 0 spiro atoms. The molecule has 0 saturated heterocycles. The lowest BCUT2D eigenvalue weighted by molar-refractivity contribution is 0.463. The highest BCUT2D eigenvalue weighted by molar-refractivity contribution is 6.43. The first-order valence-corrected chi connectivity index (χ1v) is 5.93. The van der Waals surface area contributed by atoms with Crippen molar-refractivity contribution in [1.82, 2.24) is 4.98 Å². The first-order chi connectivity index (χ1) is 8.63. The van der Waals surface area contributed by atoms with Gasteiger partial charge in [0.25, 0.3) is 0 Å². The van der Waals surface area contributed by atoms with E-state index in [0.717, 1.165) is 0 Å². The van der Waals surface area contributed by atoms with Gasteiger partial charge in [0.05, 0.1) is 10.6 Å². The molecule has 18 heavy (non-hydrogen) atoms. The number of aromatic nitrogens is 1. The van der Waals surface area contributed by atoms with E-state index in [0.29, 0.717) is 10.8 Å². The molecule has 0 atom stereocenters. The van der Waals surface area contributed by atoms with Crippen LogP contribution in [0.5, 0.6) is 11.6 Å². The molecule has 0 aliphatic rings. The summed E-state index contributed by atoms with van der Waals surface area (Å²) < 4.78 is 5.45. The van der Waals surface area contributed by atoms with E-state index < -0.39 is 0 Å². The van der Waals surface area contributed by atoms with Gasteiger partial charge in [-0.2, -0.15) is 5.26 Å². The van der Waals surface area contributed by atoms with Gasteiger partial charge < -0.3 is 4.74 Å². The van der Waals surface area contributed by atoms with Crippen molar-refractivity contribution in [3.05, 3.63) is 51.1 Å². The molecule has 0 amide bonds. The second-order valence-electron chi connectivity index (χ2n) is 3.24. The molecule has 3 nitrogen and oxygen atoms in total. The molecule has 1 aromatic heterocycles. The van der Waals surface area contributed by atoms with Crippen molar-refractivity contribution in [3.8, 4) is 17.7 Å². The van der Waals surface area contributed by atoms with Crippen molar-refractivity contribution < 1.29 is 4.74 Å². The third-order valence-electron chi connectivity index (χ3n) is 2.10. The fourth-order valence-corrected chi connectivity index (χ4v) is 1.77. The first kappa shape index (κ1) is 13.0. The zero-order valence-corrected chi connectivity index (χ0v) is 11.1. The van der Waals surface area contributed by atoms with Crippen LogP contribution in [0.1, 0.15) is 5.56 Å². The van der Waals surface area contributed by atoms with Gasteiger partial charge in [0.15, 0.2) is 0 Å². The Hall–Kier alpha value is -1.47. The highest BCUT2D eigenvalue weighted by atomic mass is 35.5. The smallest absolute Gasteiger partial charge is 0.239 e. The van der Waals surface area contributed by atoms with Gasteiger partial charge in [0, 0.05) is 6.20 Å². The lowest BCUT2D eigenvalue weighted by Crippen LogP contribution is -1.91. The Morgan fingerprint density at radius 3 is 2.61 bits per heavy atom. The van der Waals surface area contributed by atoms with Gasteiger partial charge in [-0.1, -0.05) is 40.9 Å². The van der Waals surface area contributed by atoms with Crippen molar-refractivity contribution in [1.29, 1.82) is 5.26 Å². The number of benzene rings is 1. The fraction of sp³-hybridized carbons (Fsp3) is 0. The topological polar surface area (TPSA) is 45.9 Å². The zero-order chi connectivity index (χ0) is 13.1. The summed E-state index contributed by atoms with van der Waals surface area (Å²) in [6.45, 7) is 0. The number of ether oxygens (including phenoxy) is 1. The highest BCUT2D eigenvalue weighted by Gasteiger charge is 2.12. The predicted octanol–water partition coefficient (Wildman–Crippen LogP) is 4.71. The molecule has 90 valence electrons. The lowest BCUT2D eigenvalue weighted by Gasteiger charge is -2.09. The highest BCUT2D eigenvalue weighted by Crippen LogP contribution is 2.36. The standard InChI is InChI=1S/C12H5Cl3N2O/c13-8-2-1-3-9(11(8)15)18-12-10(14)7(6-16)4-5-17-12/h1-5H. The monoisotopic (exact) mass is 298 g/mol. The third kappa shape index (κ3) is 2.51. The Balaban J connectivity index is 2.41. The summed E-state index contributed by atoms with van der Waals surface area (Å²) in [5, 5.41) is 9.60. The number of nitriles is 1. The SMILES string of the molecule is N#Cc1ccnc(Oc2cccc(Cl)c2Cl)c1Cl. The molecule has 0 aliphatic carbocycles. The minimum Gasteiger partial charge on any atom is -0.436 e. The van der Waals surface area contributed by atoms with Crippen LogP contribution in [0.25, 0.3) is 0 Å². The van der Waals surface area contributed by atoms with Crippen LogP contribution in [-0.4, -0.2) is 4.98 Å². The van der Waals surface area contributed by atoms with E-state index in [2.05, 4.69) is 4.98 Å². The molecule has 2 aromatic rings. The molecule has 2 rings (SSSR count). The van der Waals surface area contributed by atoms with Crippen molar-refractivity contribution >= 4 is 34.8 Å². The molecule has 6 heteroatoms. The maximum atomic E-state index is 8.84. The van der Waals surface area contributed by atoms with Crippen LogP contribution in [0.2, 0.25) is 15.1 Å². The molecule has 0 radical (unpaired) electrons. The molecule has 0 unspecified atom stereocenters. The average Bonchev–Trinajstić information content (AvgIpc) is 2.37. The molecule has 1 aromatic carbocycles. The largest absolute Gasteiger partial charge is 0.436 e. The average molecular weight is 300 g/mol. The molecule has 1 heterocycles. The third-order valence-corrected chi connectivity index (χ3v) is 3.27. The van der Waals surface area contributed by atoms with Crippen molar-refractivity contribution in [3.63, 3.8) is 0 Å². The number of rotatable bonds is 2. The van der Waals surface area contributed by atoms with Gasteiger partial charge in [0.1, 0.15) is 21.9 Å². The fourth-order valence-electron chi connectivity index (χ4n) is 1.25. The molecule has 0 fully saturated rings. The minimum atomic E-state index is 0.111. The summed E-state index contributed by atoms with van der Waals surface area (Å²) in [5.41, 5.74) is 0.278. The second kappa shape index (κ2) is 5.45. The summed E-state index contributed by atoms with van der Waals surface area (Å²) in [6, 6.07) is 8.38. The van der Waals surface area contributed by atoms with Crippen molar-refractivity contribution in [2.45, 2.75) is 0 Å². The Labute approximate surface area is 118 Å². The van der Waals surface area contributed by atoms with Crippen LogP contribution in [0.3, 0.4) is 0 Å². The summed E-state index contributed by atoms with van der Waals surface area (Å²) in [6.07, 6.45) is 1.43. The van der Waals surface area contributed by atoms with Gasteiger partial charge in [-0.3, -0.25) is 0 Å². The predicted molar refractivity (Wildman–Crippen MR) is 70.5 cm³/mol. The molecule has 0 bridgehead atoms. The molecule has 0 N–H and O–H groups in total. The Bertz CT molecular complexity index is 638. The number of halogens is 3. The van der Waals surface area contributed by atoms with Crippen LogP contribution in [-0.2, 0) is 0 Å². The van der Waals surface area contributed by atoms with Crippen LogP contribution in [0.4, 0.5) is 0 Å². The van der Waals surface area contributed by atoms with Crippen LogP contribution >= 0.6 is 34.8 Å². The Kier molecular flexibility index (Phi) is 3.93. The number of nitrogens with zero attached hydrogens (tertiary/aromatic N) is 2. The quantitative estimate of drug-likeness (QED) is 0.807. The summed E-state index contributed by atoms with van der Waals surface area (Å²) in [5.74, 6) is 0.438. The van der Waals surface area contributed by atoms with E-state index >= 15 is 0 Å². The molecule has 0 saturated carbocycles. The molecular weight excluding hydrogens is 295 g/mol. The number of hydrogen-bond acceptors (Lipinski definition) is 3. The summed E-state index contributed by atoms with van der Waals surface area (Å²) >= 11 is 17.8. The van der Waals surface area contributed by atoms with Gasteiger partial charge in [0.2, 0.25) is 5.88 Å². The van der Waals surface area contributed by atoms with E-state index in [9.17, 15) is 0 Å². The zero-order valence-electron chi connectivity index (χ0n) is 8.82. The van der Waals surface area contributed by atoms with Crippen molar-refractivity contribution in [2.75, 3.05) is 0 Å². The second-order valence-corrected chi connectivity index (χ2v) is 4.41. The van der Waals surface area contributed by atoms with E-state index in [-0.39, 0.29) is 21.5 Å². The normalized spacial score (nSPS) is 9.89. The van der Waals surface area contributed by atoms with E-state index in [1.807, 2.05) is 6.07 Å². The van der Waals surface area contributed by atoms with E-state index in [4.69, 9.17) is 44.8 Å². The number of hydrogen-bond donors (Lipinski definition) is 0. The summed E-state index contributed by atoms with van der Waals surface area (Å²) in [7, 11) is 0. The van der Waals surface area contributed by atoms with Crippen LogP contribution in [0.15, 0.2) is 30.5 Å². The van der Waals surface area contributed by atoms with Crippen molar-refractivity contribution in [2.24, 2.45) is 0 Å². The Morgan fingerprint density at radius 2 is 1.89 bits per heavy atom.